The molecule has 2 aromatic rings. The minimum absolute atomic E-state index is 0.454. The second-order valence-electron chi connectivity index (χ2n) is 7.30. The lowest BCUT2D eigenvalue weighted by Crippen LogP contribution is -2.55. The summed E-state index contributed by atoms with van der Waals surface area (Å²) in [6.07, 6.45) is 10.6. The van der Waals surface area contributed by atoms with Crippen molar-refractivity contribution < 1.29 is 4.42 Å². The van der Waals surface area contributed by atoms with E-state index in [1.54, 1.807) is 0 Å². The van der Waals surface area contributed by atoms with Crippen LogP contribution in [0.2, 0.25) is 0 Å². The Morgan fingerprint density at radius 1 is 1.27 bits per heavy atom. The summed E-state index contributed by atoms with van der Waals surface area (Å²) in [5.41, 5.74) is 2.81. The minimum atomic E-state index is 0.454. The highest BCUT2D eigenvalue weighted by Gasteiger charge is 2.44. The predicted molar refractivity (Wildman–Crippen MR) is 90.9 cm³/mol. The molecule has 1 saturated heterocycles. The first-order valence-corrected chi connectivity index (χ1v) is 8.57. The normalized spacial score (nSPS) is 31.2. The van der Waals surface area contributed by atoms with Gasteiger partial charge in [0.05, 0.1) is 6.26 Å². The van der Waals surface area contributed by atoms with Crippen LogP contribution in [-0.4, -0.2) is 24.0 Å². The fourth-order valence-electron chi connectivity index (χ4n) is 4.46. The zero-order valence-corrected chi connectivity index (χ0v) is 13.6. The van der Waals surface area contributed by atoms with Crippen molar-refractivity contribution in [1.29, 1.82) is 0 Å². The van der Waals surface area contributed by atoms with E-state index in [-0.39, 0.29) is 0 Å². The van der Waals surface area contributed by atoms with Crippen molar-refractivity contribution in [3.63, 3.8) is 0 Å². The first-order valence-electron chi connectivity index (χ1n) is 8.57. The van der Waals surface area contributed by atoms with Crippen LogP contribution in [0.25, 0.3) is 11.0 Å². The molecule has 1 aliphatic carbocycles. The zero-order chi connectivity index (χ0) is 15.2. The Bertz CT molecular complexity index is 701. The molecule has 3 aliphatic rings. The molecule has 0 spiro atoms. The van der Waals surface area contributed by atoms with Crippen molar-refractivity contribution in [2.75, 3.05) is 13.1 Å². The summed E-state index contributed by atoms with van der Waals surface area (Å²) >= 11 is 0. The second-order valence-corrected chi connectivity index (χ2v) is 7.30. The molecule has 3 heterocycles. The number of hydrogen-bond acceptors (Lipinski definition) is 2. The minimum Gasteiger partial charge on any atom is -0.464 e. The van der Waals surface area contributed by atoms with Gasteiger partial charge in [-0.05, 0) is 42.2 Å². The highest BCUT2D eigenvalue weighted by atomic mass is 16.3. The van der Waals surface area contributed by atoms with E-state index in [0.29, 0.717) is 11.5 Å². The van der Waals surface area contributed by atoms with Crippen molar-refractivity contribution in [1.82, 2.24) is 4.90 Å². The highest BCUT2D eigenvalue weighted by molar-refractivity contribution is 5.80. The molecule has 2 bridgehead atoms. The highest BCUT2D eigenvalue weighted by Crippen LogP contribution is 2.45. The van der Waals surface area contributed by atoms with Gasteiger partial charge in [0.1, 0.15) is 5.58 Å². The van der Waals surface area contributed by atoms with Crippen molar-refractivity contribution in [3.8, 4) is 0 Å². The van der Waals surface area contributed by atoms with Crippen LogP contribution in [0.4, 0.5) is 0 Å². The van der Waals surface area contributed by atoms with E-state index in [1.165, 1.54) is 30.3 Å². The largest absolute Gasteiger partial charge is 0.464 e. The van der Waals surface area contributed by atoms with E-state index in [9.17, 15) is 0 Å². The van der Waals surface area contributed by atoms with E-state index in [1.807, 2.05) is 12.3 Å². The molecule has 2 nitrogen and oxygen atoms in total. The standard InChI is InChI=1S/C20H25NO/c1-3-20(2)12-15-8-9-19(20)21(13-15)11-10-16-14-22-18-7-5-4-6-17(16)18/h4-9,14-15,19H,3,10-13H2,1-2H3. The van der Waals surface area contributed by atoms with Gasteiger partial charge in [0, 0.05) is 24.5 Å². The van der Waals surface area contributed by atoms with Crippen LogP contribution in [0, 0.1) is 11.3 Å². The quantitative estimate of drug-likeness (QED) is 0.763. The van der Waals surface area contributed by atoms with Crippen LogP contribution >= 0.6 is 0 Å². The first-order chi connectivity index (χ1) is 10.7. The Morgan fingerprint density at radius 2 is 2.14 bits per heavy atom. The molecule has 2 heteroatoms. The molecule has 3 atom stereocenters. The topological polar surface area (TPSA) is 16.4 Å². The summed E-state index contributed by atoms with van der Waals surface area (Å²) in [4.78, 5) is 2.69. The van der Waals surface area contributed by atoms with E-state index >= 15 is 0 Å². The van der Waals surface area contributed by atoms with Crippen molar-refractivity contribution in [3.05, 3.63) is 48.2 Å². The molecular formula is C20H25NO. The van der Waals surface area contributed by atoms with Crippen molar-refractivity contribution in [2.45, 2.75) is 39.2 Å². The van der Waals surface area contributed by atoms with Gasteiger partial charge in [-0.1, -0.05) is 44.2 Å². The fourth-order valence-corrected chi connectivity index (χ4v) is 4.46. The lowest BCUT2D eigenvalue weighted by molar-refractivity contribution is 0.0167. The van der Waals surface area contributed by atoms with Gasteiger partial charge in [-0.2, -0.15) is 0 Å². The van der Waals surface area contributed by atoms with Gasteiger partial charge in [0.2, 0.25) is 0 Å². The molecule has 1 fully saturated rings. The van der Waals surface area contributed by atoms with Gasteiger partial charge in [-0.25, -0.2) is 0 Å². The lowest BCUT2D eigenvalue weighted by Gasteiger charge is -2.52. The summed E-state index contributed by atoms with van der Waals surface area (Å²) in [6.45, 7) is 7.17. The third-order valence-electron chi connectivity index (χ3n) is 5.91. The number of nitrogens with zero attached hydrogens (tertiary/aromatic N) is 1. The van der Waals surface area contributed by atoms with Gasteiger partial charge in [0.15, 0.2) is 0 Å². The third kappa shape index (κ3) is 2.21. The summed E-state index contributed by atoms with van der Waals surface area (Å²) in [6, 6.07) is 8.98. The molecule has 3 unspecified atom stereocenters. The number of piperidine rings is 1. The van der Waals surface area contributed by atoms with Crippen molar-refractivity contribution >= 4 is 11.0 Å². The van der Waals surface area contributed by atoms with E-state index in [2.05, 4.69) is 49.1 Å². The van der Waals surface area contributed by atoms with Crippen LogP contribution in [0.1, 0.15) is 32.3 Å². The number of para-hydroxylation sites is 1. The monoisotopic (exact) mass is 295 g/mol. The van der Waals surface area contributed by atoms with E-state index in [4.69, 9.17) is 4.42 Å². The Hall–Kier alpha value is -1.54. The molecular weight excluding hydrogens is 270 g/mol. The molecule has 22 heavy (non-hydrogen) atoms. The molecule has 116 valence electrons. The molecule has 1 aromatic carbocycles. The van der Waals surface area contributed by atoms with Gasteiger partial charge in [0.25, 0.3) is 0 Å². The maximum Gasteiger partial charge on any atom is 0.134 e. The molecule has 0 N–H and O–H groups in total. The smallest absolute Gasteiger partial charge is 0.134 e. The number of benzene rings is 1. The summed E-state index contributed by atoms with van der Waals surface area (Å²) in [5, 5.41) is 1.28. The maximum absolute atomic E-state index is 5.68. The van der Waals surface area contributed by atoms with Crippen molar-refractivity contribution in [2.24, 2.45) is 11.3 Å². The van der Waals surface area contributed by atoms with Crippen LogP contribution in [0.5, 0.6) is 0 Å². The van der Waals surface area contributed by atoms with Crippen LogP contribution in [-0.2, 0) is 6.42 Å². The number of hydrogen-bond donors (Lipinski definition) is 0. The molecule has 0 radical (unpaired) electrons. The summed E-state index contributed by atoms with van der Waals surface area (Å²) < 4.78 is 5.68. The Balaban J connectivity index is 1.51. The Kier molecular flexibility index (Phi) is 3.37. The van der Waals surface area contributed by atoms with Crippen LogP contribution in [0.15, 0.2) is 47.1 Å². The van der Waals surface area contributed by atoms with E-state index < -0.39 is 0 Å². The lowest BCUT2D eigenvalue weighted by atomic mass is 9.65. The van der Waals surface area contributed by atoms with Crippen LogP contribution in [0.3, 0.4) is 0 Å². The molecule has 5 rings (SSSR count). The summed E-state index contributed by atoms with van der Waals surface area (Å²) in [7, 11) is 0. The van der Waals surface area contributed by atoms with Crippen LogP contribution < -0.4 is 0 Å². The molecule has 0 amide bonds. The number of fused-ring (bicyclic) bond motifs is 3. The summed E-state index contributed by atoms with van der Waals surface area (Å²) in [5.74, 6) is 0.746. The van der Waals surface area contributed by atoms with Gasteiger partial charge in [-0.15, -0.1) is 0 Å². The predicted octanol–water partition coefficient (Wildman–Crippen LogP) is 4.65. The number of rotatable bonds is 4. The van der Waals surface area contributed by atoms with Gasteiger partial charge in [-0.3, -0.25) is 4.90 Å². The molecule has 2 aliphatic heterocycles. The zero-order valence-electron chi connectivity index (χ0n) is 13.6. The molecule has 0 saturated carbocycles. The Morgan fingerprint density at radius 3 is 2.95 bits per heavy atom. The van der Waals surface area contributed by atoms with Gasteiger partial charge < -0.3 is 4.42 Å². The fraction of sp³-hybridized carbons (Fsp3) is 0.500. The molecule has 1 aromatic heterocycles. The Labute approximate surface area is 132 Å². The van der Waals surface area contributed by atoms with E-state index in [0.717, 1.165) is 24.5 Å². The SMILES string of the molecule is CCC1(C)CC2C=CC1N(CCc1coc3ccccc13)C2. The maximum atomic E-state index is 5.68. The number of furan rings is 1. The first kappa shape index (κ1) is 14.1. The second kappa shape index (κ2) is 5.27. The average Bonchev–Trinajstić information content (AvgIpc) is 2.96. The van der Waals surface area contributed by atoms with Gasteiger partial charge >= 0.3 is 0 Å². The third-order valence-corrected chi connectivity index (χ3v) is 5.91. The average molecular weight is 295 g/mol.